The van der Waals surface area contributed by atoms with Gasteiger partial charge in [0.25, 0.3) is 5.69 Å². The molecule has 112 valence electrons. The summed E-state index contributed by atoms with van der Waals surface area (Å²) in [6, 6.07) is 7.21. The van der Waals surface area contributed by atoms with Gasteiger partial charge in [0, 0.05) is 30.8 Å². The van der Waals surface area contributed by atoms with E-state index in [9.17, 15) is 15.4 Å². The predicted octanol–water partition coefficient (Wildman–Crippen LogP) is 2.56. The third-order valence-corrected chi connectivity index (χ3v) is 4.14. The van der Waals surface area contributed by atoms with Gasteiger partial charge in [-0.3, -0.25) is 10.1 Å². The molecular formula is C15H20N4O2. The van der Waals surface area contributed by atoms with E-state index >= 15 is 0 Å². The summed E-state index contributed by atoms with van der Waals surface area (Å²) in [6.07, 6.45) is 3.96. The molecule has 0 heterocycles. The number of nitro benzene ring substituents is 1. The van der Waals surface area contributed by atoms with Crippen molar-refractivity contribution in [3.05, 3.63) is 33.9 Å². The van der Waals surface area contributed by atoms with E-state index in [1.807, 2.05) is 6.92 Å². The monoisotopic (exact) mass is 288 g/mol. The number of nitrogens with two attached hydrogens (primary N) is 1. The van der Waals surface area contributed by atoms with Gasteiger partial charge in [0.1, 0.15) is 6.07 Å². The molecule has 2 rings (SSSR count). The Bertz CT molecular complexity index is 559. The van der Waals surface area contributed by atoms with Crippen molar-refractivity contribution in [3.8, 4) is 6.07 Å². The maximum atomic E-state index is 10.8. The van der Waals surface area contributed by atoms with Gasteiger partial charge in [-0.1, -0.05) is 0 Å². The molecule has 0 amide bonds. The van der Waals surface area contributed by atoms with Crippen molar-refractivity contribution in [2.45, 2.75) is 44.7 Å². The van der Waals surface area contributed by atoms with Crippen LogP contribution in [0, 0.1) is 21.4 Å². The number of anilines is 1. The minimum atomic E-state index is -0.472. The second kappa shape index (κ2) is 6.55. The van der Waals surface area contributed by atoms with Gasteiger partial charge in [0.05, 0.1) is 16.2 Å². The first-order valence-electron chi connectivity index (χ1n) is 7.27. The third kappa shape index (κ3) is 3.31. The van der Waals surface area contributed by atoms with Crippen LogP contribution in [-0.4, -0.2) is 23.6 Å². The standard InChI is InChI=1S/C15H20N4O2/c1-2-18(13-5-3-12(17)4-6-13)15-8-7-14(19(20)21)9-11(15)10-16/h7-9,12-13H,2-6,17H2,1H3. The minimum Gasteiger partial charge on any atom is -0.368 e. The number of nitrogens with zero attached hydrogens (tertiary/aromatic N) is 3. The van der Waals surface area contributed by atoms with Crippen LogP contribution in [0.5, 0.6) is 0 Å². The van der Waals surface area contributed by atoms with E-state index in [2.05, 4.69) is 11.0 Å². The largest absolute Gasteiger partial charge is 0.368 e. The van der Waals surface area contributed by atoms with E-state index in [1.54, 1.807) is 6.07 Å². The fourth-order valence-corrected chi connectivity index (χ4v) is 3.02. The normalized spacial score (nSPS) is 21.6. The highest BCUT2D eigenvalue weighted by atomic mass is 16.6. The molecule has 1 aliphatic carbocycles. The number of nitriles is 1. The fraction of sp³-hybridized carbons (Fsp3) is 0.533. The lowest BCUT2D eigenvalue weighted by molar-refractivity contribution is -0.384. The molecule has 0 radical (unpaired) electrons. The molecule has 1 aromatic rings. The zero-order chi connectivity index (χ0) is 15.4. The summed E-state index contributed by atoms with van der Waals surface area (Å²) in [5.41, 5.74) is 7.04. The first-order valence-corrected chi connectivity index (χ1v) is 7.27. The summed E-state index contributed by atoms with van der Waals surface area (Å²) in [5, 5.41) is 20.1. The predicted molar refractivity (Wildman–Crippen MR) is 81.1 cm³/mol. The van der Waals surface area contributed by atoms with Crippen LogP contribution in [0.2, 0.25) is 0 Å². The Hall–Kier alpha value is -2.13. The lowest BCUT2D eigenvalue weighted by atomic mass is 9.90. The van der Waals surface area contributed by atoms with Gasteiger partial charge in [0.15, 0.2) is 0 Å². The molecule has 0 saturated heterocycles. The van der Waals surface area contributed by atoms with Gasteiger partial charge in [-0.05, 0) is 38.7 Å². The molecule has 2 N–H and O–H groups in total. The molecule has 0 spiro atoms. The number of rotatable bonds is 4. The van der Waals surface area contributed by atoms with Crippen molar-refractivity contribution in [2.24, 2.45) is 5.73 Å². The van der Waals surface area contributed by atoms with E-state index in [4.69, 9.17) is 5.73 Å². The van der Waals surface area contributed by atoms with Gasteiger partial charge in [0.2, 0.25) is 0 Å². The smallest absolute Gasteiger partial charge is 0.270 e. The molecular weight excluding hydrogens is 268 g/mol. The molecule has 6 nitrogen and oxygen atoms in total. The highest BCUT2D eigenvalue weighted by molar-refractivity contribution is 5.63. The van der Waals surface area contributed by atoms with Crippen LogP contribution in [0.3, 0.4) is 0 Å². The van der Waals surface area contributed by atoms with Crippen LogP contribution in [0.1, 0.15) is 38.2 Å². The average Bonchev–Trinajstić information content (AvgIpc) is 2.50. The van der Waals surface area contributed by atoms with Crippen molar-refractivity contribution in [1.82, 2.24) is 0 Å². The third-order valence-electron chi connectivity index (χ3n) is 4.14. The Balaban J connectivity index is 2.29. The fourth-order valence-electron chi connectivity index (χ4n) is 3.02. The van der Waals surface area contributed by atoms with Crippen molar-refractivity contribution < 1.29 is 4.92 Å². The first-order chi connectivity index (χ1) is 10.1. The summed E-state index contributed by atoms with van der Waals surface area (Å²) >= 11 is 0. The van der Waals surface area contributed by atoms with Crippen LogP contribution < -0.4 is 10.6 Å². The molecule has 1 saturated carbocycles. The SMILES string of the molecule is CCN(c1ccc([N+](=O)[O-])cc1C#N)C1CCC(N)CC1. The van der Waals surface area contributed by atoms with E-state index in [-0.39, 0.29) is 11.7 Å². The highest BCUT2D eigenvalue weighted by Gasteiger charge is 2.25. The summed E-state index contributed by atoms with van der Waals surface area (Å²) in [5.74, 6) is 0. The minimum absolute atomic E-state index is 0.0444. The Labute approximate surface area is 124 Å². The topological polar surface area (TPSA) is 96.2 Å². The Morgan fingerprint density at radius 2 is 2.10 bits per heavy atom. The van der Waals surface area contributed by atoms with Gasteiger partial charge >= 0.3 is 0 Å². The van der Waals surface area contributed by atoms with Crippen LogP contribution in [0.4, 0.5) is 11.4 Å². The Morgan fingerprint density at radius 3 is 2.62 bits per heavy atom. The molecule has 1 fully saturated rings. The number of benzene rings is 1. The summed E-state index contributed by atoms with van der Waals surface area (Å²) in [7, 11) is 0. The van der Waals surface area contributed by atoms with Gasteiger partial charge in [-0.2, -0.15) is 5.26 Å². The van der Waals surface area contributed by atoms with Crippen molar-refractivity contribution >= 4 is 11.4 Å². The lowest BCUT2D eigenvalue weighted by Gasteiger charge is -2.37. The number of nitro groups is 1. The maximum absolute atomic E-state index is 10.8. The second-order valence-corrected chi connectivity index (χ2v) is 5.42. The molecule has 6 heteroatoms. The lowest BCUT2D eigenvalue weighted by Crippen LogP contribution is -2.41. The molecule has 0 unspecified atom stereocenters. The molecule has 21 heavy (non-hydrogen) atoms. The van der Waals surface area contributed by atoms with Gasteiger partial charge in [-0.25, -0.2) is 0 Å². The molecule has 1 aromatic carbocycles. The van der Waals surface area contributed by atoms with Crippen LogP contribution in [-0.2, 0) is 0 Å². The van der Waals surface area contributed by atoms with Crippen molar-refractivity contribution in [3.63, 3.8) is 0 Å². The van der Waals surface area contributed by atoms with E-state index in [0.29, 0.717) is 11.6 Å². The quantitative estimate of drug-likeness (QED) is 0.678. The average molecular weight is 288 g/mol. The van der Waals surface area contributed by atoms with Crippen molar-refractivity contribution in [1.29, 1.82) is 5.26 Å². The van der Waals surface area contributed by atoms with Crippen LogP contribution >= 0.6 is 0 Å². The number of hydrogen-bond donors (Lipinski definition) is 1. The van der Waals surface area contributed by atoms with Gasteiger partial charge < -0.3 is 10.6 Å². The van der Waals surface area contributed by atoms with E-state index < -0.39 is 4.92 Å². The zero-order valence-corrected chi connectivity index (χ0v) is 12.2. The van der Waals surface area contributed by atoms with Crippen molar-refractivity contribution in [2.75, 3.05) is 11.4 Å². The van der Waals surface area contributed by atoms with E-state index in [1.165, 1.54) is 12.1 Å². The Morgan fingerprint density at radius 1 is 1.43 bits per heavy atom. The van der Waals surface area contributed by atoms with Crippen LogP contribution in [0.25, 0.3) is 0 Å². The first kappa shape index (κ1) is 15.3. The van der Waals surface area contributed by atoms with E-state index in [0.717, 1.165) is 37.9 Å². The van der Waals surface area contributed by atoms with Gasteiger partial charge in [-0.15, -0.1) is 0 Å². The molecule has 0 atom stereocenters. The Kier molecular flexibility index (Phi) is 4.76. The molecule has 0 aliphatic heterocycles. The molecule has 0 bridgehead atoms. The number of non-ortho nitro benzene ring substituents is 1. The maximum Gasteiger partial charge on any atom is 0.270 e. The second-order valence-electron chi connectivity index (χ2n) is 5.42. The van der Waals surface area contributed by atoms with Crippen LogP contribution in [0.15, 0.2) is 18.2 Å². The highest BCUT2D eigenvalue weighted by Crippen LogP contribution is 2.31. The number of hydrogen-bond acceptors (Lipinski definition) is 5. The summed E-state index contributed by atoms with van der Waals surface area (Å²) in [4.78, 5) is 12.5. The summed E-state index contributed by atoms with van der Waals surface area (Å²) < 4.78 is 0. The molecule has 1 aliphatic rings. The molecule has 0 aromatic heterocycles. The summed E-state index contributed by atoms with van der Waals surface area (Å²) in [6.45, 7) is 2.81. The zero-order valence-electron chi connectivity index (χ0n) is 12.2.